The van der Waals surface area contributed by atoms with Crippen molar-refractivity contribution in [3.05, 3.63) is 93.0 Å². The van der Waals surface area contributed by atoms with Crippen molar-refractivity contribution in [3.8, 4) is 11.4 Å². The van der Waals surface area contributed by atoms with Gasteiger partial charge in [0.1, 0.15) is 11.6 Å². The maximum absolute atomic E-state index is 13.1. The van der Waals surface area contributed by atoms with Crippen molar-refractivity contribution in [1.29, 1.82) is 0 Å². The number of para-hydroxylation sites is 1. The van der Waals surface area contributed by atoms with E-state index in [0.717, 1.165) is 28.0 Å². The lowest BCUT2D eigenvalue weighted by atomic mass is 10.1. The van der Waals surface area contributed by atoms with Crippen LogP contribution in [0.5, 0.6) is 5.75 Å². The number of rotatable bonds is 5. The van der Waals surface area contributed by atoms with Crippen molar-refractivity contribution in [3.63, 3.8) is 0 Å². The van der Waals surface area contributed by atoms with Gasteiger partial charge < -0.3 is 10.1 Å². The van der Waals surface area contributed by atoms with Gasteiger partial charge in [-0.2, -0.15) is 0 Å². The third kappa shape index (κ3) is 4.51. The Labute approximate surface area is 192 Å². The summed E-state index contributed by atoms with van der Waals surface area (Å²) in [5, 5.41) is 3.47. The second-order valence-electron chi connectivity index (χ2n) is 8.38. The molecule has 0 aliphatic rings. The number of aromatic nitrogens is 2. The summed E-state index contributed by atoms with van der Waals surface area (Å²) in [6.07, 6.45) is 0. The van der Waals surface area contributed by atoms with Crippen LogP contribution >= 0.6 is 0 Å². The van der Waals surface area contributed by atoms with Crippen molar-refractivity contribution >= 4 is 22.5 Å². The molecule has 6 heteroatoms. The fraction of sp³-hybridized carbons (Fsp3) is 0.222. The molecule has 0 radical (unpaired) electrons. The van der Waals surface area contributed by atoms with E-state index in [1.165, 1.54) is 0 Å². The first-order valence-corrected chi connectivity index (χ1v) is 10.8. The van der Waals surface area contributed by atoms with E-state index in [0.29, 0.717) is 28.1 Å². The van der Waals surface area contributed by atoms with E-state index in [2.05, 4.69) is 10.3 Å². The third-order valence-electron chi connectivity index (χ3n) is 5.64. The number of carbonyl (C=O) groups is 1. The number of nitrogens with zero attached hydrogens (tertiary/aromatic N) is 2. The van der Waals surface area contributed by atoms with Crippen LogP contribution < -0.4 is 15.6 Å². The lowest BCUT2D eigenvalue weighted by Crippen LogP contribution is -2.23. The summed E-state index contributed by atoms with van der Waals surface area (Å²) in [6, 6.07) is 16.9. The quantitative estimate of drug-likeness (QED) is 0.476. The summed E-state index contributed by atoms with van der Waals surface area (Å²) in [7, 11) is 0. The van der Waals surface area contributed by atoms with Crippen LogP contribution in [-0.2, 0) is 4.79 Å². The lowest BCUT2D eigenvalue weighted by Gasteiger charge is -2.15. The monoisotopic (exact) mass is 441 g/mol. The zero-order valence-corrected chi connectivity index (χ0v) is 19.5. The normalized spacial score (nSPS) is 10.9. The molecule has 0 aliphatic carbocycles. The highest BCUT2D eigenvalue weighted by molar-refractivity contribution is 5.92. The van der Waals surface area contributed by atoms with Gasteiger partial charge in [0.2, 0.25) is 0 Å². The van der Waals surface area contributed by atoms with Gasteiger partial charge in [-0.05, 0) is 81.6 Å². The van der Waals surface area contributed by atoms with E-state index in [1.807, 2.05) is 77.1 Å². The summed E-state index contributed by atoms with van der Waals surface area (Å²) in [5.74, 6) is 1.10. The van der Waals surface area contributed by atoms with Crippen molar-refractivity contribution in [1.82, 2.24) is 9.55 Å². The van der Waals surface area contributed by atoms with Crippen LogP contribution in [0.2, 0.25) is 0 Å². The topological polar surface area (TPSA) is 73.2 Å². The van der Waals surface area contributed by atoms with Gasteiger partial charge in [0.05, 0.1) is 16.6 Å². The van der Waals surface area contributed by atoms with Gasteiger partial charge in [-0.3, -0.25) is 14.2 Å². The van der Waals surface area contributed by atoms with Crippen LogP contribution in [0.25, 0.3) is 16.6 Å². The maximum atomic E-state index is 13.1. The average molecular weight is 442 g/mol. The molecular weight excluding hydrogens is 414 g/mol. The first kappa shape index (κ1) is 22.3. The molecule has 0 spiro atoms. The largest absolute Gasteiger partial charge is 0.483 e. The van der Waals surface area contributed by atoms with Crippen LogP contribution in [0.15, 0.2) is 59.4 Å². The zero-order valence-electron chi connectivity index (χ0n) is 19.5. The molecule has 0 saturated carbocycles. The second kappa shape index (κ2) is 8.90. The highest BCUT2D eigenvalue weighted by Crippen LogP contribution is 2.25. The molecule has 0 unspecified atom stereocenters. The van der Waals surface area contributed by atoms with Crippen molar-refractivity contribution in [2.45, 2.75) is 34.6 Å². The number of carbonyl (C=O) groups excluding carboxylic acids is 1. The Balaban J connectivity index is 1.54. The van der Waals surface area contributed by atoms with E-state index < -0.39 is 0 Å². The van der Waals surface area contributed by atoms with Gasteiger partial charge in [0, 0.05) is 5.69 Å². The number of ether oxygens (including phenoxy) is 1. The Morgan fingerprint density at radius 3 is 2.33 bits per heavy atom. The van der Waals surface area contributed by atoms with Crippen LogP contribution in [-0.4, -0.2) is 22.1 Å². The van der Waals surface area contributed by atoms with Gasteiger partial charge in [0.25, 0.3) is 11.5 Å². The zero-order chi connectivity index (χ0) is 23.7. The number of amides is 1. The molecule has 0 saturated heterocycles. The fourth-order valence-corrected chi connectivity index (χ4v) is 4.19. The number of anilines is 1. The molecule has 0 fully saturated rings. The number of nitrogens with one attached hydrogen (secondary N) is 1. The molecule has 168 valence electrons. The molecule has 1 amide bonds. The first-order valence-electron chi connectivity index (χ1n) is 10.8. The molecule has 6 nitrogen and oxygen atoms in total. The summed E-state index contributed by atoms with van der Waals surface area (Å²) >= 11 is 0. The number of aryl methyl sites for hydroxylation is 5. The van der Waals surface area contributed by atoms with Gasteiger partial charge in [-0.25, -0.2) is 4.98 Å². The first-order chi connectivity index (χ1) is 15.7. The Morgan fingerprint density at radius 2 is 1.64 bits per heavy atom. The molecule has 0 bridgehead atoms. The van der Waals surface area contributed by atoms with Gasteiger partial charge in [-0.15, -0.1) is 0 Å². The molecular formula is C27H27N3O3. The smallest absolute Gasteiger partial charge is 0.265 e. The minimum Gasteiger partial charge on any atom is -0.483 e. The van der Waals surface area contributed by atoms with Gasteiger partial charge >= 0.3 is 0 Å². The SMILES string of the molecule is Cc1cc(C)c(OCC(=O)Nc2ccc(-n3c(C)nc4ccccc4c3=O)cc2C)c(C)c1. The van der Waals surface area contributed by atoms with E-state index in [9.17, 15) is 9.59 Å². The van der Waals surface area contributed by atoms with E-state index >= 15 is 0 Å². The molecule has 33 heavy (non-hydrogen) atoms. The molecule has 1 aromatic heterocycles. The van der Waals surface area contributed by atoms with Gasteiger partial charge in [-0.1, -0.05) is 29.8 Å². The Morgan fingerprint density at radius 1 is 0.939 bits per heavy atom. The number of hydrogen-bond donors (Lipinski definition) is 1. The Bertz CT molecular complexity index is 1410. The Hall–Kier alpha value is -3.93. The van der Waals surface area contributed by atoms with Crippen LogP contribution in [0.4, 0.5) is 5.69 Å². The van der Waals surface area contributed by atoms with Crippen molar-refractivity contribution in [2.75, 3.05) is 11.9 Å². The minimum atomic E-state index is -0.244. The van der Waals surface area contributed by atoms with E-state index in [-0.39, 0.29) is 18.1 Å². The number of benzene rings is 3. The fourth-order valence-electron chi connectivity index (χ4n) is 4.19. The number of hydrogen-bond acceptors (Lipinski definition) is 4. The predicted octanol–water partition coefficient (Wildman–Crippen LogP) is 4.95. The van der Waals surface area contributed by atoms with E-state index in [1.54, 1.807) is 16.7 Å². The van der Waals surface area contributed by atoms with E-state index in [4.69, 9.17) is 4.74 Å². The average Bonchev–Trinajstić information content (AvgIpc) is 2.75. The molecule has 3 aromatic carbocycles. The minimum absolute atomic E-state index is 0.0842. The number of fused-ring (bicyclic) bond motifs is 1. The molecule has 4 rings (SSSR count). The summed E-state index contributed by atoms with van der Waals surface area (Å²) in [6.45, 7) is 9.60. The highest BCUT2D eigenvalue weighted by Gasteiger charge is 2.13. The highest BCUT2D eigenvalue weighted by atomic mass is 16.5. The summed E-state index contributed by atoms with van der Waals surface area (Å²) in [4.78, 5) is 30.2. The molecule has 4 aromatic rings. The van der Waals surface area contributed by atoms with Crippen LogP contribution in [0, 0.1) is 34.6 Å². The maximum Gasteiger partial charge on any atom is 0.265 e. The molecule has 0 aliphatic heterocycles. The predicted molar refractivity (Wildman–Crippen MR) is 132 cm³/mol. The van der Waals surface area contributed by atoms with Crippen molar-refractivity contribution < 1.29 is 9.53 Å². The van der Waals surface area contributed by atoms with Crippen molar-refractivity contribution in [2.24, 2.45) is 0 Å². The summed E-state index contributed by atoms with van der Waals surface area (Å²) < 4.78 is 7.39. The molecule has 1 heterocycles. The third-order valence-corrected chi connectivity index (χ3v) is 5.64. The van der Waals surface area contributed by atoms with Crippen LogP contribution in [0.3, 0.4) is 0 Å². The summed E-state index contributed by atoms with van der Waals surface area (Å²) in [5.41, 5.74) is 5.94. The second-order valence-corrected chi connectivity index (χ2v) is 8.38. The Kier molecular flexibility index (Phi) is 6.01. The molecule has 1 N–H and O–H groups in total. The standard InChI is InChI=1S/C27H27N3O3/c1-16-12-18(3)26(19(4)13-16)33-15-25(31)29-23-11-10-21(14-17(23)2)30-20(5)28-24-9-7-6-8-22(24)27(30)32/h6-14H,15H2,1-5H3,(H,29,31). The van der Waals surface area contributed by atoms with Crippen LogP contribution in [0.1, 0.15) is 28.1 Å². The molecule has 0 atom stereocenters. The van der Waals surface area contributed by atoms with Gasteiger partial charge in [0.15, 0.2) is 6.61 Å². The lowest BCUT2D eigenvalue weighted by molar-refractivity contribution is -0.118.